The number of hydrogen-bond acceptors (Lipinski definition) is 4. The van der Waals surface area contributed by atoms with Gasteiger partial charge in [0.25, 0.3) is 0 Å². The first-order valence-corrected chi connectivity index (χ1v) is 9.04. The lowest BCUT2D eigenvalue weighted by Crippen LogP contribution is -2.44. The molecule has 118 valence electrons. The van der Waals surface area contributed by atoms with Gasteiger partial charge in [-0.2, -0.15) is 0 Å². The van der Waals surface area contributed by atoms with Crippen molar-refractivity contribution >= 4 is 15.7 Å². The Bertz CT molecular complexity index is 570. The number of hydrogen-bond donors (Lipinski definition) is 3. The van der Waals surface area contributed by atoms with E-state index in [1.807, 2.05) is 6.07 Å². The van der Waals surface area contributed by atoms with Crippen molar-refractivity contribution in [3.8, 4) is 0 Å². The molecule has 0 radical (unpaired) electrons. The molecule has 0 amide bonds. The molecule has 0 unspecified atom stereocenters. The second kappa shape index (κ2) is 6.34. The van der Waals surface area contributed by atoms with Gasteiger partial charge in [0.15, 0.2) is 0 Å². The van der Waals surface area contributed by atoms with Crippen LogP contribution in [-0.4, -0.2) is 26.5 Å². The van der Waals surface area contributed by atoms with Crippen LogP contribution in [0.1, 0.15) is 39.5 Å². The molecule has 0 saturated heterocycles. The number of benzene rings is 1. The molecule has 1 aliphatic rings. The maximum Gasteiger partial charge on any atom is 0.242 e. The van der Waals surface area contributed by atoms with Crippen molar-refractivity contribution in [1.29, 1.82) is 0 Å². The zero-order valence-electron chi connectivity index (χ0n) is 12.7. The highest BCUT2D eigenvalue weighted by Crippen LogP contribution is 2.29. The number of anilines is 1. The molecule has 1 aromatic rings. The Morgan fingerprint density at radius 2 is 1.86 bits per heavy atom. The summed E-state index contributed by atoms with van der Waals surface area (Å²) in [6.07, 6.45) is 3.52. The summed E-state index contributed by atoms with van der Waals surface area (Å²) in [5.41, 5.74) is 6.25. The molecule has 21 heavy (non-hydrogen) atoms. The van der Waals surface area contributed by atoms with Gasteiger partial charge >= 0.3 is 0 Å². The van der Waals surface area contributed by atoms with E-state index in [0.717, 1.165) is 25.7 Å². The molecule has 0 atom stereocenters. The fourth-order valence-electron chi connectivity index (χ4n) is 2.34. The largest absolute Gasteiger partial charge is 0.377 e. The molecule has 0 spiro atoms. The predicted octanol–water partition coefficient (Wildman–Crippen LogP) is 2.06. The first-order chi connectivity index (χ1) is 9.96. The summed E-state index contributed by atoms with van der Waals surface area (Å²) in [6.45, 7) is 4.58. The van der Waals surface area contributed by atoms with Gasteiger partial charge in [0.2, 0.25) is 10.0 Å². The summed E-state index contributed by atoms with van der Waals surface area (Å²) < 4.78 is 27.7. The van der Waals surface area contributed by atoms with Gasteiger partial charge in [-0.25, -0.2) is 13.1 Å². The Balaban J connectivity index is 2.32. The van der Waals surface area contributed by atoms with Gasteiger partial charge in [0.05, 0.1) is 5.69 Å². The molecule has 0 bridgehead atoms. The van der Waals surface area contributed by atoms with Crippen LogP contribution in [0, 0.1) is 0 Å². The first-order valence-electron chi connectivity index (χ1n) is 7.56. The monoisotopic (exact) mass is 311 g/mol. The van der Waals surface area contributed by atoms with E-state index in [9.17, 15) is 8.42 Å². The molecular weight excluding hydrogens is 286 g/mol. The molecule has 5 nitrogen and oxygen atoms in total. The molecule has 6 heteroatoms. The Morgan fingerprint density at radius 3 is 2.38 bits per heavy atom. The van der Waals surface area contributed by atoms with Gasteiger partial charge in [0.1, 0.15) is 4.90 Å². The standard InChI is InChI=1S/C15H25N3O2S/c1-3-15(4-2,11-16)17-13-7-5-6-8-14(13)21(19,20)18-12-9-10-12/h5-8,12,17-18H,3-4,9-11,16H2,1-2H3. The second-order valence-corrected chi connectivity index (χ2v) is 7.39. The third kappa shape index (κ3) is 3.75. The molecule has 1 fully saturated rings. The Labute approximate surface area is 127 Å². The highest BCUT2D eigenvalue weighted by molar-refractivity contribution is 7.89. The van der Waals surface area contributed by atoms with Crippen LogP contribution in [0.5, 0.6) is 0 Å². The molecule has 0 heterocycles. The van der Waals surface area contributed by atoms with Crippen LogP contribution in [0.25, 0.3) is 0 Å². The van der Waals surface area contributed by atoms with Gasteiger partial charge < -0.3 is 11.1 Å². The zero-order valence-corrected chi connectivity index (χ0v) is 13.5. The topological polar surface area (TPSA) is 84.2 Å². The number of rotatable bonds is 8. The van der Waals surface area contributed by atoms with Crippen LogP contribution in [-0.2, 0) is 10.0 Å². The molecule has 1 saturated carbocycles. The van der Waals surface area contributed by atoms with Gasteiger partial charge in [-0.15, -0.1) is 0 Å². The van der Waals surface area contributed by atoms with E-state index in [0.29, 0.717) is 17.1 Å². The second-order valence-electron chi connectivity index (χ2n) is 5.71. The van der Waals surface area contributed by atoms with Crippen molar-refractivity contribution in [2.45, 2.75) is 56.0 Å². The lowest BCUT2D eigenvalue weighted by molar-refractivity contribution is 0.444. The maximum absolute atomic E-state index is 12.5. The summed E-state index contributed by atoms with van der Waals surface area (Å²) in [7, 11) is -3.48. The molecular formula is C15H25N3O2S. The number of para-hydroxylation sites is 1. The number of nitrogens with one attached hydrogen (secondary N) is 2. The average molecular weight is 311 g/mol. The zero-order chi connectivity index (χ0) is 15.5. The number of nitrogens with two attached hydrogens (primary N) is 1. The number of sulfonamides is 1. The van der Waals surface area contributed by atoms with Gasteiger partial charge in [0, 0.05) is 18.1 Å². The van der Waals surface area contributed by atoms with Gasteiger partial charge in [-0.1, -0.05) is 26.0 Å². The quantitative estimate of drug-likeness (QED) is 0.686. The minimum atomic E-state index is -3.48. The van der Waals surface area contributed by atoms with Gasteiger partial charge in [-0.3, -0.25) is 0 Å². The normalized spacial score (nSPS) is 16.0. The molecule has 4 N–H and O–H groups in total. The third-order valence-electron chi connectivity index (χ3n) is 4.22. The van der Waals surface area contributed by atoms with Crippen molar-refractivity contribution in [1.82, 2.24) is 4.72 Å². The Kier molecular flexibility index (Phi) is 4.91. The molecule has 0 aliphatic heterocycles. The summed E-state index contributed by atoms with van der Waals surface area (Å²) >= 11 is 0. The van der Waals surface area contributed by atoms with Crippen LogP contribution in [0.2, 0.25) is 0 Å². The van der Waals surface area contributed by atoms with Crippen LogP contribution >= 0.6 is 0 Å². The summed E-state index contributed by atoms with van der Waals surface area (Å²) in [5, 5.41) is 3.37. The molecule has 1 aliphatic carbocycles. The van der Waals surface area contributed by atoms with E-state index in [2.05, 4.69) is 23.9 Å². The van der Waals surface area contributed by atoms with E-state index < -0.39 is 10.0 Å². The predicted molar refractivity (Wildman–Crippen MR) is 85.8 cm³/mol. The maximum atomic E-state index is 12.5. The molecule has 1 aromatic carbocycles. The van der Waals surface area contributed by atoms with Crippen molar-refractivity contribution in [3.63, 3.8) is 0 Å². The van der Waals surface area contributed by atoms with Gasteiger partial charge in [-0.05, 0) is 37.8 Å². The van der Waals surface area contributed by atoms with E-state index in [4.69, 9.17) is 5.73 Å². The fourth-order valence-corrected chi connectivity index (χ4v) is 3.81. The smallest absolute Gasteiger partial charge is 0.242 e. The first kappa shape index (κ1) is 16.3. The third-order valence-corrected chi connectivity index (χ3v) is 5.80. The van der Waals surface area contributed by atoms with E-state index in [-0.39, 0.29) is 11.6 Å². The average Bonchev–Trinajstić information content (AvgIpc) is 3.28. The van der Waals surface area contributed by atoms with E-state index >= 15 is 0 Å². The fraction of sp³-hybridized carbons (Fsp3) is 0.600. The van der Waals surface area contributed by atoms with Crippen molar-refractivity contribution in [3.05, 3.63) is 24.3 Å². The lowest BCUT2D eigenvalue weighted by atomic mass is 9.92. The summed E-state index contributed by atoms with van der Waals surface area (Å²) in [6, 6.07) is 7.12. The van der Waals surface area contributed by atoms with Crippen LogP contribution in [0.4, 0.5) is 5.69 Å². The van der Waals surface area contributed by atoms with Crippen LogP contribution < -0.4 is 15.8 Å². The van der Waals surface area contributed by atoms with E-state index in [1.165, 1.54) is 0 Å². The minimum absolute atomic E-state index is 0.0969. The highest BCUT2D eigenvalue weighted by Gasteiger charge is 2.31. The minimum Gasteiger partial charge on any atom is -0.377 e. The van der Waals surface area contributed by atoms with Crippen molar-refractivity contribution in [2.75, 3.05) is 11.9 Å². The summed E-state index contributed by atoms with van der Waals surface area (Å²) in [5.74, 6) is 0. The van der Waals surface area contributed by atoms with Crippen molar-refractivity contribution in [2.24, 2.45) is 5.73 Å². The SMILES string of the molecule is CCC(CC)(CN)Nc1ccccc1S(=O)(=O)NC1CC1. The van der Waals surface area contributed by atoms with E-state index in [1.54, 1.807) is 18.2 Å². The molecule has 2 rings (SSSR count). The Morgan fingerprint density at radius 1 is 1.24 bits per heavy atom. The van der Waals surface area contributed by atoms with Crippen LogP contribution in [0.15, 0.2) is 29.2 Å². The van der Waals surface area contributed by atoms with Crippen LogP contribution in [0.3, 0.4) is 0 Å². The van der Waals surface area contributed by atoms with Crippen molar-refractivity contribution < 1.29 is 8.42 Å². The summed E-state index contributed by atoms with van der Waals surface area (Å²) in [4.78, 5) is 0.302. The highest BCUT2D eigenvalue weighted by atomic mass is 32.2. The molecule has 0 aromatic heterocycles. The lowest BCUT2D eigenvalue weighted by Gasteiger charge is -2.33. The Hall–Kier alpha value is -1.11.